The van der Waals surface area contributed by atoms with Crippen LogP contribution in [0.25, 0.3) is 11.0 Å². The normalized spacial score (nSPS) is 16.2. The number of ether oxygens (including phenoxy) is 1. The average molecular weight is 326 g/mol. The van der Waals surface area contributed by atoms with Gasteiger partial charge in [-0.05, 0) is 25.5 Å². The van der Waals surface area contributed by atoms with Gasteiger partial charge in [0.15, 0.2) is 25.0 Å². The number of rotatable bonds is 2. The van der Waals surface area contributed by atoms with Crippen molar-refractivity contribution in [2.45, 2.75) is 32.9 Å². The topological polar surface area (TPSA) is 43.3 Å². The molecule has 24 heavy (non-hydrogen) atoms. The number of halogens is 1. The lowest BCUT2D eigenvalue weighted by molar-refractivity contribution is -0.702. The van der Waals surface area contributed by atoms with E-state index in [1.807, 2.05) is 43.6 Å². The quantitative estimate of drug-likeness (QED) is 0.537. The Hall–Kier alpha value is -2.69. The second kappa shape index (κ2) is 5.44. The molecule has 1 aliphatic rings. The van der Waals surface area contributed by atoms with E-state index in [1.165, 1.54) is 0 Å². The molecule has 1 aromatic carbocycles. The molecule has 0 N–H and O–H groups in total. The first kappa shape index (κ1) is 14.9. The van der Waals surface area contributed by atoms with E-state index < -0.39 is 11.4 Å². The molecule has 4 rings (SSSR count). The molecule has 0 amide bonds. The van der Waals surface area contributed by atoms with Gasteiger partial charge >= 0.3 is 5.63 Å². The highest BCUT2D eigenvalue weighted by molar-refractivity contribution is 5.86. The van der Waals surface area contributed by atoms with Gasteiger partial charge in [0.05, 0.1) is 0 Å². The predicted molar refractivity (Wildman–Crippen MR) is 86.7 cm³/mol. The van der Waals surface area contributed by atoms with Crippen molar-refractivity contribution in [1.29, 1.82) is 0 Å². The summed E-state index contributed by atoms with van der Waals surface area (Å²) in [6.45, 7) is 4.18. The van der Waals surface area contributed by atoms with Crippen molar-refractivity contribution in [3.8, 4) is 5.75 Å². The molecule has 0 saturated carbocycles. The van der Waals surface area contributed by atoms with Gasteiger partial charge < -0.3 is 9.15 Å². The monoisotopic (exact) mass is 326 g/mol. The molecule has 2 aromatic heterocycles. The third kappa shape index (κ3) is 2.28. The van der Waals surface area contributed by atoms with Gasteiger partial charge in [-0.3, -0.25) is 0 Å². The van der Waals surface area contributed by atoms with Crippen LogP contribution in [0.4, 0.5) is 4.39 Å². The number of hydrogen-bond donors (Lipinski definition) is 0. The van der Waals surface area contributed by atoms with Crippen molar-refractivity contribution in [2.75, 3.05) is 0 Å². The highest BCUT2D eigenvalue weighted by atomic mass is 19.1. The number of nitrogens with zero attached hydrogens (tertiary/aromatic N) is 1. The number of benzene rings is 1. The van der Waals surface area contributed by atoms with Crippen molar-refractivity contribution >= 4 is 11.0 Å². The first-order valence-electron chi connectivity index (χ1n) is 7.90. The number of pyridine rings is 1. The van der Waals surface area contributed by atoms with Crippen LogP contribution >= 0.6 is 0 Å². The molecule has 1 aliphatic heterocycles. The Balaban J connectivity index is 1.76. The fourth-order valence-electron chi connectivity index (χ4n) is 3.33. The molecule has 3 heterocycles. The van der Waals surface area contributed by atoms with Crippen LogP contribution in [0.3, 0.4) is 0 Å². The van der Waals surface area contributed by atoms with Gasteiger partial charge in [-0.25, -0.2) is 9.36 Å². The highest BCUT2D eigenvalue weighted by Crippen LogP contribution is 2.38. The van der Waals surface area contributed by atoms with Crippen LogP contribution < -0.4 is 14.9 Å². The second-order valence-corrected chi connectivity index (χ2v) is 6.21. The number of fused-ring (bicyclic) bond motifs is 2. The summed E-state index contributed by atoms with van der Waals surface area (Å²) < 4.78 is 27.2. The van der Waals surface area contributed by atoms with Crippen LogP contribution in [0.2, 0.25) is 0 Å². The molecule has 0 radical (unpaired) electrons. The van der Waals surface area contributed by atoms with Gasteiger partial charge in [-0.15, -0.1) is 0 Å². The SMILES string of the molecule is Cc1c(F)c(=O)oc2c(C)c3c(cc12)CC(C[n+]1ccccc1)O3. The number of aryl methyl sites for hydroxylation is 2. The summed E-state index contributed by atoms with van der Waals surface area (Å²) in [6.07, 6.45) is 4.73. The lowest BCUT2D eigenvalue weighted by Gasteiger charge is -2.10. The van der Waals surface area contributed by atoms with Gasteiger partial charge in [-0.2, -0.15) is 4.39 Å². The molecule has 0 fully saturated rings. The van der Waals surface area contributed by atoms with Crippen LogP contribution in [-0.4, -0.2) is 6.10 Å². The number of hydrogen-bond acceptors (Lipinski definition) is 3. The predicted octanol–water partition coefficient (Wildman–Crippen LogP) is 2.84. The molecule has 5 heteroatoms. The van der Waals surface area contributed by atoms with Crippen molar-refractivity contribution in [3.63, 3.8) is 0 Å². The van der Waals surface area contributed by atoms with Crippen LogP contribution in [0, 0.1) is 19.7 Å². The van der Waals surface area contributed by atoms with Crippen molar-refractivity contribution in [3.05, 3.63) is 69.6 Å². The van der Waals surface area contributed by atoms with Gasteiger partial charge in [0, 0.05) is 35.1 Å². The Morgan fingerprint density at radius 2 is 1.96 bits per heavy atom. The van der Waals surface area contributed by atoms with Gasteiger partial charge in [0.2, 0.25) is 5.82 Å². The Morgan fingerprint density at radius 3 is 2.71 bits per heavy atom. The van der Waals surface area contributed by atoms with E-state index in [0.29, 0.717) is 16.5 Å². The minimum Gasteiger partial charge on any atom is -0.483 e. The van der Waals surface area contributed by atoms with Gasteiger partial charge in [0.1, 0.15) is 11.3 Å². The molecule has 1 unspecified atom stereocenters. The standard InChI is InChI=1S/C19H17FNO3/c1-11-15-9-13-8-14(10-21-6-4-3-5-7-21)23-17(13)12(2)18(15)24-19(22)16(11)20/h3-7,9,14H,8,10H2,1-2H3/q+1. The van der Waals surface area contributed by atoms with E-state index in [4.69, 9.17) is 9.15 Å². The van der Waals surface area contributed by atoms with E-state index in [-0.39, 0.29) is 6.10 Å². The summed E-state index contributed by atoms with van der Waals surface area (Å²) in [7, 11) is 0. The Labute approximate surface area is 138 Å². The molecule has 3 aromatic rings. The second-order valence-electron chi connectivity index (χ2n) is 6.21. The molecule has 0 aliphatic carbocycles. The lowest BCUT2D eigenvalue weighted by atomic mass is 10.0. The Morgan fingerprint density at radius 1 is 1.21 bits per heavy atom. The molecule has 0 bridgehead atoms. The molecular weight excluding hydrogens is 309 g/mol. The minimum atomic E-state index is -0.933. The summed E-state index contributed by atoms with van der Waals surface area (Å²) in [4.78, 5) is 11.6. The van der Waals surface area contributed by atoms with E-state index in [2.05, 4.69) is 4.57 Å². The zero-order valence-corrected chi connectivity index (χ0v) is 13.5. The first-order chi connectivity index (χ1) is 11.5. The summed E-state index contributed by atoms with van der Waals surface area (Å²) >= 11 is 0. The Bertz CT molecular complexity index is 995. The van der Waals surface area contributed by atoms with Crippen LogP contribution in [0.5, 0.6) is 5.75 Å². The first-order valence-corrected chi connectivity index (χ1v) is 7.90. The highest BCUT2D eigenvalue weighted by Gasteiger charge is 2.30. The zero-order chi connectivity index (χ0) is 16.8. The molecular formula is C19H17FNO3+. The summed E-state index contributed by atoms with van der Waals surface area (Å²) in [6, 6.07) is 7.80. The maximum atomic E-state index is 13.9. The van der Waals surface area contributed by atoms with Crippen molar-refractivity contribution < 1.29 is 18.1 Å². The molecule has 122 valence electrons. The van der Waals surface area contributed by atoms with E-state index >= 15 is 0 Å². The summed E-state index contributed by atoms with van der Waals surface area (Å²) in [5, 5.41) is 0.639. The van der Waals surface area contributed by atoms with Gasteiger partial charge in [-0.1, -0.05) is 6.07 Å². The summed E-state index contributed by atoms with van der Waals surface area (Å²) in [5.74, 6) is -0.0738. The van der Waals surface area contributed by atoms with E-state index in [1.54, 1.807) is 6.92 Å². The van der Waals surface area contributed by atoms with Crippen molar-refractivity contribution in [1.82, 2.24) is 0 Å². The smallest absolute Gasteiger partial charge is 0.372 e. The van der Waals surface area contributed by atoms with Crippen LogP contribution in [0.1, 0.15) is 16.7 Å². The van der Waals surface area contributed by atoms with Crippen molar-refractivity contribution in [2.24, 2.45) is 0 Å². The molecule has 0 saturated heterocycles. The molecule has 4 nitrogen and oxygen atoms in total. The lowest BCUT2D eigenvalue weighted by Crippen LogP contribution is -2.40. The largest absolute Gasteiger partial charge is 0.483 e. The molecule has 0 spiro atoms. The van der Waals surface area contributed by atoms with E-state index in [0.717, 1.165) is 29.8 Å². The fourth-order valence-corrected chi connectivity index (χ4v) is 3.33. The Kier molecular flexibility index (Phi) is 3.37. The number of aromatic nitrogens is 1. The average Bonchev–Trinajstić information content (AvgIpc) is 2.98. The maximum absolute atomic E-state index is 13.9. The van der Waals surface area contributed by atoms with Gasteiger partial charge in [0.25, 0.3) is 0 Å². The van der Waals surface area contributed by atoms with Crippen LogP contribution in [0.15, 0.2) is 45.9 Å². The van der Waals surface area contributed by atoms with E-state index in [9.17, 15) is 9.18 Å². The fraction of sp³-hybridized carbons (Fsp3) is 0.263. The van der Waals surface area contributed by atoms with Crippen LogP contribution in [-0.2, 0) is 13.0 Å². The molecule has 1 atom stereocenters. The maximum Gasteiger partial charge on any atom is 0.372 e. The zero-order valence-electron chi connectivity index (χ0n) is 13.5. The minimum absolute atomic E-state index is 0.000197. The summed E-state index contributed by atoms with van der Waals surface area (Å²) in [5.41, 5.74) is 1.58. The third-order valence-corrected chi connectivity index (χ3v) is 4.57. The third-order valence-electron chi connectivity index (χ3n) is 4.57.